The van der Waals surface area contributed by atoms with Gasteiger partial charge in [-0.15, -0.1) is 0 Å². The maximum Gasteiger partial charge on any atom is 0.513 e. The molecule has 7 nitrogen and oxygen atoms in total. The molecule has 2 aromatic carbocycles. The molecule has 2 heterocycles. The number of nitrogens with one attached hydrogen (secondary N) is 1. The minimum atomic E-state index is -1.47. The van der Waals surface area contributed by atoms with Gasteiger partial charge in [0.25, 0.3) is 0 Å². The Hall–Kier alpha value is -3.94. The maximum absolute atomic E-state index is 14.4. The third-order valence-corrected chi connectivity index (χ3v) is 7.02. The van der Waals surface area contributed by atoms with Crippen molar-refractivity contribution in [2.75, 3.05) is 5.32 Å². The number of halogens is 1. The highest BCUT2D eigenvalue weighted by Gasteiger charge is 2.26. The second-order valence-corrected chi connectivity index (χ2v) is 9.65. The van der Waals surface area contributed by atoms with E-state index in [1.807, 2.05) is 37.3 Å². The summed E-state index contributed by atoms with van der Waals surface area (Å²) in [6.07, 6.45) is 2.01. The fourth-order valence-corrected chi connectivity index (χ4v) is 4.77. The van der Waals surface area contributed by atoms with Crippen molar-refractivity contribution in [2.24, 2.45) is 5.92 Å². The van der Waals surface area contributed by atoms with Crippen LogP contribution in [0.25, 0.3) is 22.3 Å². The van der Waals surface area contributed by atoms with Crippen molar-refractivity contribution in [1.29, 1.82) is 0 Å². The predicted octanol–water partition coefficient (Wildman–Crippen LogP) is 6.56. The highest BCUT2D eigenvalue weighted by molar-refractivity contribution is 5.92. The molecule has 36 heavy (non-hydrogen) atoms. The second kappa shape index (κ2) is 9.60. The van der Waals surface area contributed by atoms with E-state index in [0.717, 1.165) is 40.7 Å². The van der Waals surface area contributed by atoms with Crippen LogP contribution < -0.4 is 10.1 Å². The van der Waals surface area contributed by atoms with E-state index in [0.29, 0.717) is 29.4 Å². The number of nitrogens with zero attached hydrogens (tertiary/aromatic N) is 3. The third-order valence-electron chi connectivity index (χ3n) is 7.02. The molecule has 1 aliphatic rings. The van der Waals surface area contributed by atoms with Gasteiger partial charge in [0.1, 0.15) is 11.3 Å². The van der Waals surface area contributed by atoms with Gasteiger partial charge < -0.3 is 19.7 Å². The van der Waals surface area contributed by atoms with Crippen LogP contribution in [0.5, 0.6) is 6.01 Å². The molecule has 0 bridgehead atoms. The molecule has 0 spiro atoms. The second-order valence-electron chi connectivity index (χ2n) is 9.65. The Labute approximate surface area is 209 Å². The largest absolute Gasteiger partial charge is 0.513 e. The summed E-state index contributed by atoms with van der Waals surface area (Å²) < 4.78 is 21.4. The molecule has 0 saturated heterocycles. The zero-order valence-corrected chi connectivity index (χ0v) is 20.6. The van der Waals surface area contributed by atoms with Crippen LogP contribution in [-0.4, -0.2) is 31.8 Å². The molecule has 0 amide bonds. The summed E-state index contributed by atoms with van der Waals surface area (Å²) in [6.45, 7) is 6.26. The topological polar surface area (TPSA) is 89.3 Å². The summed E-state index contributed by atoms with van der Waals surface area (Å²) in [7, 11) is 0. The van der Waals surface area contributed by atoms with E-state index >= 15 is 0 Å². The molecule has 0 unspecified atom stereocenters. The summed E-state index contributed by atoms with van der Waals surface area (Å²) in [6, 6.07) is 15.2. The van der Waals surface area contributed by atoms with Crippen LogP contribution in [0.15, 0.2) is 48.5 Å². The number of fused-ring (bicyclic) bond motifs is 1. The monoisotopic (exact) mass is 488 g/mol. The molecule has 1 aliphatic carbocycles. The first-order chi connectivity index (χ1) is 17.3. The molecule has 0 aliphatic heterocycles. The van der Waals surface area contributed by atoms with Gasteiger partial charge in [0.2, 0.25) is 0 Å². The predicted molar refractivity (Wildman–Crippen MR) is 137 cm³/mol. The van der Waals surface area contributed by atoms with Crippen molar-refractivity contribution in [2.45, 2.75) is 52.6 Å². The first kappa shape index (κ1) is 23.8. The first-order valence-electron chi connectivity index (χ1n) is 12.2. The molecule has 1 atom stereocenters. The molecule has 1 saturated carbocycles. The molecule has 4 aromatic rings. The smallest absolute Gasteiger partial charge is 0.449 e. The Morgan fingerprint density at radius 1 is 1.19 bits per heavy atom. The number of hydrogen-bond donors (Lipinski definition) is 2. The average molecular weight is 489 g/mol. The minimum Gasteiger partial charge on any atom is -0.449 e. The molecule has 0 radical (unpaired) electrons. The Balaban J connectivity index is 1.71. The highest BCUT2D eigenvalue weighted by atomic mass is 19.1. The van der Waals surface area contributed by atoms with E-state index in [2.05, 4.69) is 32.8 Å². The van der Waals surface area contributed by atoms with Gasteiger partial charge in [-0.05, 0) is 74.4 Å². The van der Waals surface area contributed by atoms with Crippen LogP contribution in [0.3, 0.4) is 0 Å². The lowest BCUT2D eigenvalue weighted by Gasteiger charge is -2.32. The molecule has 2 aromatic heterocycles. The van der Waals surface area contributed by atoms with Crippen molar-refractivity contribution in [3.63, 3.8) is 0 Å². The number of aryl methyl sites for hydroxylation is 2. The van der Waals surface area contributed by atoms with Gasteiger partial charge >= 0.3 is 12.2 Å². The normalized spacial score (nSPS) is 14.4. The molecule has 1 fully saturated rings. The van der Waals surface area contributed by atoms with Crippen LogP contribution >= 0.6 is 0 Å². The number of hydrogen-bond acceptors (Lipinski definition) is 5. The van der Waals surface area contributed by atoms with Crippen LogP contribution in [-0.2, 0) is 6.54 Å². The number of anilines is 1. The number of carboxylic acid groups (broad SMARTS) is 1. The van der Waals surface area contributed by atoms with E-state index in [1.54, 1.807) is 19.1 Å². The number of carbonyl (C=O) groups is 1. The maximum atomic E-state index is 14.4. The lowest BCUT2D eigenvalue weighted by molar-refractivity contribution is 0.140. The Morgan fingerprint density at radius 3 is 2.67 bits per heavy atom. The van der Waals surface area contributed by atoms with Crippen LogP contribution in [0.1, 0.15) is 42.9 Å². The van der Waals surface area contributed by atoms with Crippen LogP contribution in [0.4, 0.5) is 15.0 Å². The molecule has 186 valence electrons. The van der Waals surface area contributed by atoms with Crippen LogP contribution in [0.2, 0.25) is 0 Å². The molecular formula is C28H29FN4O3. The van der Waals surface area contributed by atoms with Crippen molar-refractivity contribution in [1.82, 2.24) is 14.5 Å². The zero-order chi connectivity index (χ0) is 25.4. The van der Waals surface area contributed by atoms with E-state index in [1.165, 1.54) is 6.42 Å². The van der Waals surface area contributed by atoms with Gasteiger partial charge in [-0.25, -0.2) is 9.18 Å². The van der Waals surface area contributed by atoms with Crippen molar-refractivity contribution in [3.05, 3.63) is 71.0 Å². The quantitative estimate of drug-likeness (QED) is 0.286. The van der Waals surface area contributed by atoms with Crippen molar-refractivity contribution >= 4 is 23.0 Å². The standard InChI is InChI=1S/C28H29FN4O3/c1-16-6-4-9-21(12-16)24-14-23-25(33(24)15-19-11-10-17(2)22(29)13-19)26(30-18(3)20-7-5-8-20)32-27(31-23)36-28(34)35/h4,6,9-14,18,20H,5,7-8,15H2,1-3H3,(H,34,35)(H,30,31,32)/t18-/m1/s1. The highest BCUT2D eigenvalue weighted by Crippen LogP contribution is 2.36. The van der Waals surface area contributed by atoms with Gasteiger partial charge in [0.15, 0.2) is 5.82 Å². The fourth-order valence-electron chi connectivity index (χ4n) is 4.77. The van der Waals surface area contributed by atoms with Crippen molar-refractivity contribution < 1.29 is 19.0 Å². The minimum absolute atomic E-state index is 0.136. The van der Waals surface area contributed by atoms with Gasteiger partial charge in [-0.2, -0.15) is 9.97 Å². The lowest BCUT2D eigenvalue weighted by Crippen LogP contribution is -2.31. The summed E-state index contributed by atoms with van der Waals surface area (Å²) in [5.74, 6) is 0.762. The molecule has 8 heteroatoms. The van der Waals surface area contributed by atoms with E-state index in [4.69, 9.17) is 4.74 Å². The first-order valence-corrected chi connectivity index (χ1v) is 12.2. The van der Waals surface area contributed by atoms with Gasteiger partial charge in [-0.1, -0.05) is 42.3 Å². The average Bonchev–Trinajstić information content (AvgIpc) is 3.13. The number of aromatic nitrogens is 3. The summed E-state index contributed by atoms with van der Waals surface area (Å²) in [5, 5.41) is 12.7. The summed E-state index contributed by atoms with van der Waals surface area (Å²) >= 11 is 0. The van der Waals surface area contributed by atoms with Gasteiger partial charge in [-0.3, -0.25) is 0 Å². The number of benzene rings is 2. The fraction of sp³-hybridized carbons (Fsp3) is 0.321. The van der Waals surface area contributed by atoms with Crippen molar-refractivity contribution in [3.8, 4) is 17.3 Å². The Kier molecular flexibility index (Phi) is 6.35. The van der Waals surface area contributed by atoms with E-state index < -0.39 is 6.16 Å². The molecule has 2 N–H and O–H groups in total. The SMILES string of the molecule is Cc1cccc(-c2cc3nc(OC(=O)O)nc(N[C@H](C)C4CCC4)c3n2Cc2ccc(C)c(F)c2)c1. The van der Waals surface area contributed by atoms with Gasteiger partial charge in [0, 0.05) is 12.6 Å². The van der Waals surface area contributed by atoms with E-state index in [9.17, 15) is 14.3 Å². The Morgan fingerprint density at radius 2 is 2.00 bits per heavy atom. The van der Waals surface area contributed by atoms with E-state index in [-0.39, 0.29) is 17.9 Å². The zero-order valence-electron chi connectivity index (χ0n) is 20.6. The Bertz CT molecular complexity index is 1440. The third kappa shape index (κ3) is 4.76. The number of ether oxygens (including phenoxy) is 1. The van der Waals surface area contributed by atoms with Crippen LogP contribution in [0, 0.1) is 25.6 Å². The van der Waals surface area contributed by atoms with Gasteiger partial charge in [0.05, 0.1) is 11.2 Å². The summed E-state index contributed by atoms with van der Waals surface area (Å²) in [5.41, 5.74) is 5.60. The lowest BCUT2D eigenvalue weighted by atomic mass is 9.80. The summed E-state index contributed by atoms with van der Waals surface area (Å²) in [4.78, 5) is 20.1. The molecule has 5 rings (SSSR count). The number of rotatable bonds is 7. The molecular weight excluding hydrogens is 459 g/mol.